The summed E-state index contributed by atoms with van der Waals surface area (Å²) in [5.74, 6) is -1.86. The van der Waals surface area contributed by atoms with Gasteiger partial charge in [-0.2, -0.15) is 13.2 Å². The number of halogens is 3. The molecule has 138 valence electrons. The first-order valence-corrected chi connectivity index (χ1v) is 6.93. The van der Waals surface area contributed by atoms with Crippen molar-refractivity contribution in [1.82, 2.24) is 5.32 Å². The van der Waals surface area contributed by atoms with E-state index in [0.29, 0.717) is 5.56 Å². The SMILES string of the molecule is COc1cc(C(C)=O)ccc1OCC(=O)OCC(=O)NCC(F)(F)F. The van der Waals surface area contributed by atoms with E-state index in [2.05, 4.69) is 4.74 Å². The second-order valence-electron chi connectivity index (χ2n) is 4.76. The zero-order valence-electron chi connectivity index (χ0n) is 13.4. The molecule has 0 spiro atoms. The van der Waals surface area contributed by atoms with E-state index < -0.39 is 37.8 Å². The standard InChI is InChI=1S/C15H16F3NO6/c1-9(20)10-3-4-11(12(5-10)23-2)24-7-14(22)25-6-13(21)19-8-15(16,17)18/h3-5H,6-8H2,1-2H3,(H,19,21). The number of carbonyl (C=O) groups is 3. The largest absolute Gasteiger partial charge is 0.493 e. The van der Waals surface area contributed by atoms with Crippen LogP contribution in [0.4, 0.5) is 13.2 Å². The van der Waals surface area contributed by atoms with Crippen LogP contribution in [0.3, 0.4) is 0 Å². The second kappa shape index (κ2) is 8.90. The van der Waals surface area contributed by atoms with Crippen LogP contribution in [0.25, 0.3) is 0 Å². The average Bonchev–Trinajstić information content (AvgIpc) is 2.55. The molecule has 1 rings (SSSR count). The van der Waals surface area contributed by atoms with E-state index in [0.717, 1.165) is 0 Å². The van der Waals surface area contributed by atoms with Crippen LogP contribution in [0.5, 0.6) is 11.5 Å². The number of carbonyl (C=O) groups excluding carboxylic acids is 3. The number of rotatable bonds is 8. The first-order valence-electron chi connectivity index (χ1n) is 6.93. The van der Waals surface area contributed by atoms with E-state index in [4.69, 9.17) is 9.47 Å². The van der Waals surface area contributed by atoms with E-state index in [9.17, 15) is 27.6 Å². The molecule has 0 bridgehead atoms. The molecule has 0 fully saturated rings. The van der Waals surface area contributed by atoms with Crippen molar-refractivity contribution in [1.29, 1.82) is 0 Å². The van der Waals surface area contributed by atoms with Crippen molar-refractivity contribution in [3.05, 3.63) is 23.8 Å². The highest BCUT2D eigenvalue weighted by Gasteiger charge is 2.27. The number of hydrogen-bond acceptors (Lipinski definition) is 6. The lowest BCUT2D eigenvalue weighted by Crippen LogP contribution is -2.36. The molecule has 1 aromatic carbocycles. The molecular formula is C15H16F3NO6. The van der Waals surface area contributed by atoms with Gasteiger partial charge >= 0.3 is 12.1 Å². The third kappa shape index (κ3) is 7.55. The number of ether oxygens (including phenoxy) is 3. The van der Waals surface area contributed by atoms with Crippen molar-refractivity contribution in [2.24, 2.45) is 0 Å². The van der Waals surface area contributed by atoms with E-state index in [-0.39, 0.29) is 17.3 Å². The van der Waals surface area contributed by atoms with Gasteiger partial charge in [0.2, 0.25) is 0 Å². The quantitative estimate of drug-likeness (QED) is 0.556. The van der Waals surface area contributed by atoms with Gasteiger partial charge in [-0.05, 0) is 25.1 Å². The number of hydrogen-bond donors (Lipinski definition) is 1. The van der Waals surface area contributed by atoms with Gasteiger partial charge in [0, 0.05) is 5.56 Å². The van der Waals surface area contributed by atoms with Gasteiger partial charge in [0.1, 0.15) is 6.54 Å². The third-order valence-electron chi connectivity index (χ3n) is 2.77. The van der Waals surface area contributed by atoms with E-state index in [1.807, 2.05) is 0 Å². The van der Waals surface area contributed by atoms with Crippen LogP contribution in [0.1, 0.15) is 17.3 Å². The number of amides is 1. The zero-order valence-corrected chi connectivity index (χ0v) is 13.4. The topological polar surface area (TPSA) is 90.9 Å². The lowest BCUT2D eigenvalue weighted by molar-refractivity contribution is -0.152. The maximum atomic E-state index is 11.9. The number of methoxy groups -OCH3 is 1. The van der Waals surface area contributed by atoms with Crippen molar-refractivity contribution in [3.8, 4) is 11.5 Å². The van der Waals surface area contributed by atoms with Gasteiger partial charge in [-0.15, -0.1) is 0 Å². The molecule has 1 amide bonds. The van der Waals surface area contributed by atoms with Crippen molar-refractivity contribution in [2.75, 3.05) is 26.9 Å². The highest BCUT2D eigenvalue weighted by atomic mass is 19.4. The Labute approximate surface area is 141 Å². The molecule has 0 atom stereocenters. The Hall–Kier alpha value is -2.78. The van der Waals surface area contributed by atoms with Gasteiger partial charge in [0.15, 0.2) is 30.5 Å². The maximum absolute atomic E-state index is 11.9. The van der Waals surface area contributed by atoms with E-state index in [1.54, 1.807) is 5.32 Å². The first-order chi connectivity index (χ1) is 11.6. The summed E-state index contributed by atoms with van der Waals surface area (Å²) in [4.78, 5) is 33.8. The predicted octanol–water partition coefficient (Wildman–Crippen LogP) is 1.50. The third-order valence-corrected chi connectivity index (χ3v) is 2.77. The average molecular weight is 363 g/mol. The van der Waals surface area contributed by atoms with E-state index >= 15 is 0 Å². The number of alkyl halides is 3. The fourth-order valence-electron chi connectivity index (χ4n) is 1.58. The molecule has 0 saturated carbocycles. The number of Topliss-reactive ketones (excluding diaryl/α,β-unsaturated/α-hetero) is 1. The van der Waals surface area contributed by atoms with E-state index in [1.165, 1.54) is 32.2 Å². The van der Waals surface area contributed by atoms with Crippen LogP contribution in [-0.2, 0) is 14.3 Å². The summed E-state index contributed by atoms with van der Waals surface area (Å²) in [7, 11) is 1.34. The monoisotopic (exact) mass is 363 g/mol. The minimum absolute atomic E-state index is 0.158. The lowest BCUT2D eigenvalue weighted by atomic mass is 10.1. The van der Waals surface area contributed by atoms with Gasteiger partial charge < -0.3 is 19.5 Å². The zero-order chi connectivity index (χ0) is 19.0. The molecular weight excluding hydrogens is 347 g/mol. The minimum Gasteiger partial charge on any atom is -0.493 e. The van der Waals surface area contributed by atoms with Gasteiger partial charge in [-0.1, -0.05) is 0 Å². The summed E-state index contributed by atoms with van der Waals surface area (Å²) >= 11 is 0. The first kappa shape index (κ1) is 20.3. The minimum atomic E-state index is -4.55. The van der Waals surface area contributed by atoms with Crippen LogP contribution >= 0.6 is 0 Å². The Bertz CT molecular complexity index is 645. The van der Waals surface area contributed by atoms with Crippen molar-refractivity contribution in [3.63, 3.8) is 0 Å². The summed E-state index contributed by atoms with van der Waals surface area (Å²) < 4.78 is 50.4. The van der Waals surface area contributed by atoms with Crippen molar-refractivity contribution >= 4 is 17.7 Å². The van der Waals surface area contributed by atoms with Gasteiger partial charge in [-0.25, -0.2) is 4.79 Å². The van der Waals surface area contributed by atoms with Crippen molar-refractivity contribution < 1.29 is 41.8 Å². The normalized spacial score (nSPS) is 10.8. The van der Waals surface area contributed by atoms with Crippen molar-refractivity contribution in [2.45, 2.75) is 13.1 Å². The molecule has 0 aromatic heterocycles. The molecule has 10 heteroatoms. The second-order valence-corrected chi connectivity index (χ2v) is 4.76. The molecule has 0 aliphatic heterocycles. The Morgan fingerprint density at radius 3 is 2.36 bits per heavy atom. The summed E-state index contributed by atoms with van der Waals surface area (Å²) in [5, 5.41) is 1.55. The van der Waals surface area contributed by atoms with Gasteiger partial charge in [-0.3, -0.25) is 9.59 Å². The van der Waals surface area contributed by atoms with Gasteiger partial charge in [0.05, 0.1) is 7.11 Å². The molecule has 1 aromatic rings. The fourth-order valence-corrected chi connectivity index (χ4v) is 1.58. The molecule has 0 radical (unpaired) electrons. The summed E-state index contributed by atoms with van der Waals surface area (Å²) in [6.07, 6.45) is -4.55. The van der Waals surface area contributed by atoms with Crippen LogP contribution in [0.2, 0.25) is 0 Å². The van der Waals surface area contributed by atoms with Crippen LogP contribution in [-0.4, -0.2) is 50.7 Å². The molecule has 0 heterocycles. The summed E-state index contributed by atoms with van der Waals surface area (Å²) in [5.41, 5.74) is 0.383. The fraction of sp³-hybridized carbons (Fsp3) is 0.400. The molecule has 25 heavy (non-hydrogen) atoms. The maximum Gasteiger partial charge on any atom is 0.405 e. The Kier molecular flexibility index (Phi) is 7.22. The Morgan fingerprint density at radius 2 is 1.80 bits per heavy atom. The van der Waals surface area contributed by atoms with Crippen LogP contribution in [0.15, 0.2) is 18.2 Å². The lowest BCUT2D eigenvalue weighted by Gasteiger charge is -2.11. The molecule has 0 unspecified atom stereocenters. The molecule has 0 aliphatic rings. The Morgan fingerprint density at radius 1 is 1.12 bits per heavy atom. The van der Waals surface area contributed by atoms with Crippen LogP contribution < -0.4 is 14.8 Å². The van der Waals surface area contributed by atoms with Crippen LogP contribution in [0, 0.1) is 0 Å². The molecule has 1 N–H and O–H groups in total. The van der Waals surface area contributed by atoms with Gasteiger partial charge in [0.25, 0.3) is 5.91 Å². The molecule has 7 nitrogen and oxygen atoms in total. The Balaban J connectivity index is 2.46. The predicted molar refractivity (Wildman–Crippen MR) is 78.5 cm³/mol. The highest BCUT2D eigenvalue weighted by Crippen LogP contribution is 2.28. The summed E-state index contributed by atoms with van der Waals surface area (Å²) in [6.45, 7) is -1.60. The molecule has 0 aliphatic carbocycles. The number of benzene rings is 1. The summed E-state index contributed by atoms with van der Waals surface area (Å²) in [6, 6.07) is 4.31. The number of nitrogens with one attached hydrogen (secondary N) is 1. The highest BCUT2D eigenvalue weighted by molar-refractivity contribution is 5.94. The smallest absolute Gasteiger partial charge is 0.405 e. The number of esters is 1. The number of ketones is 1. The molecule has 0 saturated heterocycles.